The number of piperidine rings is 1. The zero-order valence-corrected chi connectivity index (χ0v) is 13.9. The normalized spacial score (nSPS) is 20.6. The predicted octanol–water partition coefficient (Wildman–Crippen LogP) is 2.40. The molecule has 0 spiro atoms. The van der Waals surface area contributed by atoms with E-state index < -0.39 is 0 Å². The van der Waals surface area contributed by atoms with Crippen LogP contribution >= 0.6 is 0 Å². The summed E-state index contributed by atoms with van der Waals surface area (Å²) >= 11 is 0. The largest absolute Gasteiger partial charge is 0.463 e. The fourth-order valence-corrected chi connectivity index (χ4v) is 3.07. The molecular weight excluding hydrogens is 318 g/mol. The Morgan fingerprint density at radius 2 is 2.16 bits per heavy atom. The van der Waals surface area contributed by atoms with Crippen molar-refractivity contribution in [1.29, 1.82) is 0 Å². The summed E-state index contributed by atoms with van der Waals surface area (Å²) in [6.07, 6.45) is 8.79. The standard InChI is InChI=1S/C18H19N5O2/c1-12-11-23(7-4-15(12)24)18-21-9-13(14-10-19-5-6-20-14)17(22-18)16-3-2-8-25-16/h2-3,5-6,8-10,12,15,24H,4,7,11H2,1H3/t12-,15+/m0/s1. The summed E-state index contributed by atoms with van der Waals surface area (Å²) in [6, 6.07) is 3.70. The van der Waals surface area contributed by atoms with Crippen LogP contribution in [0.1, 0.15) is 13.3 Å². The van der Waals surface area contributed by atoms with Gasteiger partial charge in [-0.05, 0) is 24.5 Å². The molecule has 1 aliphatic heterocycles. The second-order valence-electron chi connectivity index (χ2n) is 6.28. The lowest BCUT2D eigenvalue weighted by Crippen LogP contribution is -2.42. The van der Waals surface area contributed by atoms with Crippen LogP contribution in [0.15, 0.2) is 47.6 Å². The van der Waals surface area contributed by atoms with Gasteiger partial charge in [0.25, 0.3) is 0 Å². The van der Waals surface area contributed by atoms with Crippen molar-refractivity contribution < 1.29 is 9.52 Å². The Hall–Kier alpha value is -2.80. The molecule has 3 aromatic rings. The van der Waals surface area contributed by atoms with Crippen molar-refractivity contribution >= 4 is 5.95 Å². The molecule has 7 heteroatoms. The van der Waals surface area contributed by atoms with E-state index in [1.807, 2.05) is 19.1 Å². The summed E-state index contributed by atoms with van der Waals surface area (Å²) in [5.74, 6) is 1.48. The van der Waals surface area contributed by atoms with Crippen LogP contribution in [0.2, 0.25) is 0 Å². The number of aliphatic hydroxyl groups is 1. The first-order valence-corrected chi connectivity index (χ1v) is 8.32. The molecule has 25 heavy (non-hydrogen) atoms. The zero-order valence-electron chi connectivity index (χ0n) is 13.9. The number of rotatable bonds is 3. The van der Waals surface area contributed by atoms with Gasteiger partial charge < -0.3 is 14.4 Å². The first-order chi connectivity index (χ1) is 12.2. The lowest BCUT2D eigenvalue weighted by atomic mass is 9.97. The second-order valence-corrected chi connectivity index (χ2v) is 6.28. The zero-order chi connectivity index (χ0) is 17.2. The highest BCUT2D eigenvalue weighted by Crippen LogP contribution is 2.31. The van der Waals surface area contributed by atoms with Crippen molar-refractivity contribution in [2.45, 2.75) is 19.4 Å². The van der Waals surface area contributed by atoms with Crippen LogP contribution in [-0.4, -0.2) is 44.2 Å². The van der Waals surface area contributed by atoms with Crippen molar-refractivity contribution in [1.82, 2.24) is 19.9 Å². The molecule has 0 aliphatic carbocycles. The van der Waals surface area contributed by atoms with E-state index in [0.29, 0.717) is 29.5 Å². The number of hydrogen-bond acceptors (Lipinski definition) is 7. The fraction of sp³-hybridized carbons (Fsp3) is 0.333. The molecule has 1 saturated heterocycles. The van der Waals surface area contributed by atoms with Gasteiger partial charge in [0, 0.05) is 37.2 Å². The van der Waals surface area contributed by atoms with Crippen LogP contribution in [0.3, 0.4) is 0 Å². The molecule has 4 heterocycles. The first-order valence-electron chi connectivity index (χ1n) is 8.32. The van der Waals surface area contributed by atoms with Gasteiger partial charge in [-0.2, -0.15) is 0 Å². The van der Waals surface area contributed by atoms with Gasteiger partial charge in [0.1, 0.15) is 5.69 Å². The lowest BCUT2D eigenvalue weighted by molar-refractivity contribution is 0.0966. The van der Waals surface area contributed by atoms with Gasteiger partial charge in [-0.1, -0.05) is 6.92 Å². The average Bonchev–Trinajstić information content (AvgIpc) is 3.19. The van der Waals surface area contributed by atoms with Crippen LogP contribution < -0.4 is 4.90 Å². The van der Waals surface area contributed by atoms with Crippen molar-refractivity contribution in [3.63, 3.8) is 0 Å². The highest BCUT2D eigenvalue weighted by atomic mass is 16.3. The van der Waals surface area contributed by atoms with E-state index in [9.17, 15) is 5.11 Å². The Bertz CT molecular complexity index is 838. The minimum atomic E-state index is -0.264. The van der Waals surface area contributed by atoms with Crippen LogP contribution in [0, 0.1) is 5.92 Å². The van der Waals surface area contributed by atoms with Crippen LogP contribution in [0.5, 0.6) is 0 Å². The van der Waals surface area contributed by atoms with E-state index in [0.717, 1.165) is 18.7 Å². The molecule has 0 radical (unpaired) electrons. The molecule has 2 atom stereocenters. The highest BCUT2D eigenvalue weighted by Gasteiger charge is 2.26. The Morgan fingerprint density at radius 3 is 2.88 bits per heavy atom. The number of furan rings is 1. The third-order valence-electron chi connectivity index (χ3n) is 4.51. The van der Waals surface area contributed by atoms with Gasteiger partial charge in [0.2, 0.25) is 5.95 Å². The van der Waals surface area contributed by atoms with Crippen LogP contribution in [-0.2, 0) is 0 Å². The predicted molar refractivity (Wildman–Crippen MR) is 92.8 cm³/mol. The summed E-state index contributed by atoms with van der Waals surface area (Å²) < 4.78 is 5.57. The lowest BCUT2D eigenvalue weighted by Gasteiger charge is -2.34. The summed E-state index contributed by atoms with van der Waals surface area (Å²) in [6.45, 7) is 3.50. The smallest absolute Gasteiger partial charge is 0.226 e. The fourth-order valence-electron chi connectivity index (χ4n) is 3.07. The van der Waals surface area contributed by atoms with E-state index in [1.54, 1.807) is 31.1 Å². The molecule has 7 nitrogen and oxygen atoms in total. The molecule has 1 fully saturated rings. The summed E-state index contributed by atoms with van der Waals surface area (Å²) in [5.41, 5.74) is 2.16. The van der Waals surface area contributed by atoms with Crippen LogP contribution in [0.4, 0.5) is 5.95 Å². The van der Waals surface area contributed by atoms with Gasteiger partial charge in [0.05, 0.1) is 24.3 Å². The van der Waals surface area contributed by atoms with Gasteiger partial charge in [-0.3, -0.25) is 9.97 Å². The van der Waals surface area contributed by atoms with Crippen molar-refractivity contribution in [2.24, 2.45) is 5.92 Å². The van der Waals surface area contributed by atoms with Crippen molar-refractivity contribution in [2.75, 3.05) is 18.0 Å². The maximum Gasteiger partial charge on any atom is 0.226 e. The molecule has 1 aliphatic rings. The number of aromatic nitrogens is 4. The van der Waals surface area contributed by atoms with Gasteiger partial charge in [-0.25, -0.2) is 9.97 Å². The van der Waals surface area contributed by atoms with Gasteiger partial charge >= 0.3 is 0 Å². The second kappa shape index (κ2) is 6.60. The number of nitrogens with zero attached hydrogens (tertiary/aromatic N) is 5. The molecule has 0 unspecified atom stereocenters. The first kappa shape index (κ1) is 15.7. The molecule has 1 N–H and O–H groups in total. The topological polar surface area (TPSA) is 88.2 Å². The highest BCUT2D eigenvalue weighted by molar-refractivity contribution is 5.76. The molecule has 0 amide bonds. The molecule has 4 rings (SSSR count). The summed E-state index contributed by atoms with van der Waals surface area (Å²) in [5, 5.41) is 9.94. The summed E-state index contributed by atoms with van der Waals surface area (Å²) in [4.78, 5) is 19.9. The number of aliphatic hydroxyl groups excluding tert-OH is 1. The Labute approximate surface area is 145 Å². The van der Waals surface area contributed by atoms with Gasteiger partial charge in [0.15, 0.2) is 5.76 Å². The van der Waals surface area contributed by atoms with E-state index >= 15 is 0 Å². The van der Waals surface area contributed by atoms with E-state index in [1.165, 1.54) is 0 Å². The molecule has 128 valence electrons. The minimum absolute atomic E-state index is 0.184. The van der Waals surface area contributed by atoms with E-state index in [2.05, 4.69) is 19.9 Å². The van der Waals surface area contributed by atoms with Gasteiger partial charge in [-0.15, -0.1) is 0 Å². The quantitative estimate of drug-likeness (QED) is 0.785. The SMILES string of the molecule is C[C@H]1CN(c2ncc(-c3cnccn3)c(-c3ccco3)n2)CC[C@H]1O. The number of hydrogen-bond donors (Lipinski definition) is 1. The Balaban J connectivity index is 1.75. The molecule has 0 bridgehead atoms. The third kappa shape index (κ3) is 3.10. The molecule has 0 saturated carbocycles. The Morgan fingerprint density at radius 1 is 1.24 bits per heavy atom. The van der Waals surface area contributed by atoms with Crippen molar-refractivity contribution in [3.05, 3.63) is 43.2 Å². The molecule has 0 aromatic carbocycles. The monoisotopic (exact) mass is 337 g/mol. The van der Waals surface area contributed by atoms with E-state index in [-0.39, 0.29) is 12.0 Å². The van der Waals surface area contributed by atoms with Crippen LogP contribution in [0.25, 0.3) is 22.7 Å². The molecule has 3 aromatic heterocycles. The summed E-state index contributed by atoms with van der Waals surface area (Å²) in [7, 11) is 0. The van der Waals surface area contributed by atoms with E-state index in [4.69, 9.17) is 9.40 Å². The average molecular weight is 337 g/mol. The van der Waals surface area contributed by atoms with Crippen molar-refractivity contribution in [3.8, 4) is 22.7 Å². The maximum absolute atomic E-state index is 9.94. The Kier molecular flexibility index (Phi) is 4.15. The number of anilines is 1. The maximum atomic E-state index is 9.94. The third-order valence-corrected chi connectivity index (χ3v) is 4.51. The molecular formula is C18H19N5O2. The minimum Gasteiger partial charge on any atom is -0.463 e.